The lowest BCUT2D eigenvalue weighted by Crippen LogP contribution is -2.26. The molecule has 0 atom stereocenters. The van der Waals surface area contributed by atoms with Crippen molar-refractivity contribution in [3.05, 3.63) is 95.5 Å². The molecule has 0 unspecified atom stereocenters. The van der Waals surface area contributed by atoms with Gasteiger partial charge in [0.25, 0.3) is 5.91 Å². The molecule has 0 bridgehead atoms. The van der Waals surface area contributed by atoms with Crippen molar-refractivity contribution >= 4 is 50.9 Å². The molecule has 1 aromatic heterocycles. The maximum Gasteiger partial charge on any atom is 0.255 e. The number of aromatic nitrogens is 1. The highest BCUT2D eigenvalue weighted by Gasteiger charge is 2.17. The molecule has 6 heteroatoms. The summed E-state index contributed by atoms with van der Waals surface area (Å²) in [4.78, 5) is 17.9. The third kappa shape index (κ3) is 4.88. The molecular formula is C29H25ClN2O2S. The highest BCUT2D eigenvalue weighted by molar-refractivity contribution is 7.99. The van der Waals surface area contributed by atoms with Crippen LogP contribution in [0.1, 0.15) is 17.3 Å². The number of carbonyl (C=O) groups excluding carboxylic acids is 1. The van der Waals surface area contributed by atoms with Crippen LogP contribution in [0.5, 0.6) is 5.75 Å². The Morgan fingerprint density at radius 2 is 1.69 bits per heavy atom. The summed E-state index contributed by atoms with van der Waals surface area (Å²) in [5, 5.41) is 6.89. The summed E-state index contributed by atoms with van der Waals surface area (Å²) in [6, 6.07) is 27.9. The first kappa shape index (κ1) is 23.3. The Morgan fingerprint density at radius 3 is 2.49 bits per heavy atom. The Kier molecular flexibility index (Phi) is 6.98. The van der Waals surface area contributed by atoms with E-state index in [1.165, 1.54) is 5.39 Å². The number of hydrogen-bond donors (Lipinski definition) is 2. The zero-order valence-corrected chi connectivity index (χ0v) is 20.9. The van der Waals surface area contributed by atoms with E-state index in [-0.39, 0.29) is 5.91 Å². The predicted molar refractivity (Wildman–Crippen MR) is 147 cm³/mol. The summed E-state index contributed by atoms with van der Waals surface area (Å²) in [5.41, 5.74) is 3.81. The molecule has 1 amide bonds. The minimum atomic E-state index is -0.122. The molecule has 0 fully saturated rings. The van der Waals surface area contributed by atoms with Gasteiger partial charge in [0.2, 0.25) is 0 Å². The quantitative estimate of drug-likeness (QED) is 0.171. The number of fused-ring (bicyclic) bond motifs is 2. The van der Waals surface area contributed by atoms with E-state index in [2.05, 4.69) is 22.4 Å². The number of halogens is 1. The average Bonchev–Trinajstić information content (AvgIpc) is 3.25. The van der Waals surface area contributed by atoms with Crippen molar-refractivity contribution in [3.8, 4) is 17.0 Å². The van der Waals surface area contributed by atoms with E-state index in [0.717, 1.165) is 38.2 Å². The molecular weight excluding hydrogens is 476 g/mol. The second kappa shape index (κ2) is 10.5. The van der Waals surface area contributed by atoms with Crippen LogP contribution in [0.25, 0.3) is 32.9 Å². The summed E-state index contributed by atoms with van der Waals surface area (Å²) in [6.45, 7) is 2.95. The van der Waals surface area contributed by atoms with Gasteiger partial charge in [0.15, 0.2) is 0 Å². The largest absolute Gasteiger partial charge is 0.493 e. The molecule has 0 saturated heterocycles. The van der Waals surface area contributed by atoms with Crippen molar-refractivity contribution in [1.82, 2.24) is 10.3 Å². The number of benzene rings is 4. The number of rotatable bonds is 8. The third-order valence-electron chi connectivity index (χ3n) is 5.84. The molecule has 2 N–H and O–H groups in total. The van der Waals surface area contributed by atoms with E-state index in [9.17, 15) is 4.79 Å². The van der Waals surface area contributed by atoms with E-state index in [1.807, 2.05) is 79.7 Å². The number of thioether (sulfide) groups is 1. The van der Waals surface area contributed by atoms with E-state index in [1.54, 1.807) is 11.8 Å². The van der Waals surface area contributed by atoms with Gasteiger partial charge in [-0.1, -0.05) is 72.3 Å². The van der Waals surface area contributed by atoms with Crippen LogP contribution in [0.2, 0.25) is 5.02 Å². The second-order valence-corrected chi connectivity index (χ2v) is 9.62. The Bertz CT molecular complexity index is 1490. The van der Waals surface area contributed by atoms with Crippen LogP contribution >= 0.6 is 23.4 Å². The van der Waals surface area contributed by atoms with Crippen LogP contribution in [0, 0.1) is 0 Å². The first-order valence-corrected chi connectivity index (χ1v) is 12.9. The first-order chi connectivity index (χ1) is 17.2. The Hall–Kier alpha value is -3.41. The van der Waals surface area contributed by atoms with E-state index in [0.29, 0.717) is 29.5 Å². The third-order valence-corrected chi connectivity index (χ3v) is 7.22. The van der Waals surface area contributed by atoms with Gasteiger partial charge in [-0.3, -0.25) is 4.79 Å². The zero-order valence-electron chi connectivity index (χ0n) is 19.3. The number of nitrogens with one attached hydrogen (secondary N) is 2. The van der Waals surface area contributed by atoms with Gasteiger partial charge in [0.05, 0.1) is 17.9 Å². The molecule has 5 aromatic rings. The Balaban J connectivity index is 1.35. The van der Waals surface area contributed by atoms with Crippen molar-refractivity contribution < 1.29 is 9.53 Å². The molecule has 0 aliphatic rings. The molecule has 0 aliphatic carbocycles. The summed E-state index contributed by atoms with van der Waals surface area (Å²) in [5.74, 6) is 1.21. The van der Waals surface area contributed by atoms with Gasteiger partial charge < -0.3 is 15.0 Å². The molecule has 35 heavy (non-hydrogen) atoms. The van der Waals surface area contributed by atoms with Crippen LogP contribution in [-0.2, 0) is 0 Å². The predicted octanol–water partition coefficient (Wildman–Crippen LogP) is 7.56. The Morgan fingerprint density at radius 1 is 0.943 bits per heavy atom. The highest BCUT2D eigenvalue weighted by Crippen LogP contribution is 2.38. The summed E-state index contributed by atoms with van der Waals surface area (Å²) < 4.78 is 5.77. The maximum absolute atomic E-state index is 13.2. The molecule has 1 heterocycles. The standard InChI is InChI=1S/C29H25ClN2O2S/c1-2-34-25-16-13-19-7-3-4-8-22(19)26(25)29(33)31-17-18-35-28-23-9-5-6-10-24(23)32-27(28)20-11-14-21(30)15-12-20/h3-16,32H,2,17-18H2,1H3,(H,31,33). The number of amides is 1. The van der Waals surface area contributed by atoms with Gasteiger partial charge in [-0.2, -0.15) is 0 Å². The van der Waals surface area contributed by atoms with Gasteiger partial charge in [0, 0.05) is 33.1 Å². The number of H-pyrrole nitrogens is 1. The van der Waals surface area contributed by atoms with Gasteiger partial charge in [0.1, 0.15) is 5.75 Å². The van der Waals surface area contributed by atoms with Crippen LogP contribution in [0.4, 0.5) is 0 Å². The fourth-order valence-corrected chi connectivity index (χ4v) is 5.43. The molecule has 4 aromatic carbocycles. The van der Waals surface area contributed by atoms with Crippen molar-refractivity contribution in [2.75, 3.05) is 18.9 Å². The smallest absolute Gasteiger partial charge is 0.255 e. The lowest BCUT2D eigenvalue weighted by atomic mass is 10.0. The minimum absolute atomic E-state index is 0.122. The van der Waals surface area contributed by atoms with Crippen LogP contribution in [0.3, 0.4) is 0 Å². The Labute approximate surface area is 213 Å². The van der Waals surface area contributed by atoms with Crippen molar-refractivity contribution in [2.24, 2.45) is 0 Å². The van der Waals surface area contributed by atoms with Gasteiger partial charge in [-0.05, 0) is 47.5 Å². The fraction of sp³-hybridized carbons (Fsp3) is 0.138. The number of aromatic amines is 1. The van der Waals surface area contributed by atoms with Crippen LogP contribution in [-0.4, -0.2) is 29.8 Å². The monoisotopic (exact) mass is 500 g/mol. The lowest BCUT2D eigenvalue weighted by Gasteiger charge is -2.13. The molecule has 4 nitrogen and oxygen atoms in total. The highest BCUT2D eigenvalue weighted by atomic mass is 35.5. The SMILES string of the molecule is CCOc1ccc2ccccc2c1C(=O)NCCSc1c(-c2ccc(Cl)cc2)[nH]c2ccccc12. The van der Waals surface area contributed by atoms with Crippen molar-refractivity contribution in [1.29, 1.82) is 0 Å². The lowest BCUT2D eigenvalue weighted by molar-refractivity contribution is 0.0954. The number of para-hydroxylation sites is 1. The molecule has 0 radical (unpaired) electrons. The minimum Gasteiger partial charge on any atom is -0.493 e. The summed E-state index contributed by atoms with van der Waals surface area (Å²) in [7, 11) is 0. The van der Waals surface area contributed by atoms with Gasteiger partial charge >= 0.3 is 0 Å². The zero-order chi connectivity index (χ0) is 24.2. The van der Waals surface area contributed by atoms with Crippen molar-refractivity contribution in [2.45, 2.75) is 11.8 Å². The van der Waals surface area contributed by atoms with Gasteiger partial charge in [-0.25, -0.2) is 0 Å². The second-order valence-electron chi connectivity index (χ2n) is 8.08. The van der Waals surface area contributed by atoms with Crippen LogP contribution in [0.15, 0.2) is 89.8 Å². The molecule has 176 valence electrons. The normalized spacial score (nSPS) is 11.1. The summed E-state index contributed by atoms with van der Waals surface area (Å²) >= 11 is 7.83. The number of ether oxygens (including phenoxy) is 1. The molecule has 0 spiro atoms. The van der Waals surface area contributed by atoms with Crippen molar-refractivity contribution in [3.63, 3.8) is 0 Å². The first-order valence-electron chi connectivity index (χ1n) is 11.6. The summed E-state index contributed by atoms with van der Waals surface area (Å²) in [6.07, 6.45) is 0. The van der Waals surface area contributed by atoms with Crippen LogP contribution < -0.4 is 10.1 Å². The van der Waals surface area contributed by atoms with Gasteiger partial charge in [-0.15, -0.1) is 11.8 Å². The van der Waals surface area contributed by atoms with E-state index >= 15 is 0 Å². The van der Waals surface area contributed by atoms with E-state index in [4.69, 9.17) is 16.3 Å². The molecule has 5 rings (SSSR count). The molecule has 0 aliphatic heterocycles. The molecule has 0 saturated carbocycles. The maximum atomic E-state index is 13.2. The number of carbonyl (C=O) groups is 1. The average molecular weight is 501 g/mol. The topological polar surface area (TPSA) is 54.1 Å². The fourth-order valence-electron chi connectivity index (χ4n) is 4.25. The number of hydrogen-bond acceptors (Lipinski definition) is 3. The van der Waals surface area contributed by atoms with E-state index < -0.39 is 0 Å².